The van der Waals surface area contributed by atoms with Gasteiger partial charge in [-0.25, -0.2) is 9.78 Å². The Morgan fingerprint density at radius 2 is 1.94 bits per heavy atom. The lowest BCUT2D eigenvalue weighted by Gasteiger charge is -2.36. The summed E-state index contributed by atoms with van der Waals surface area (Å²) in [6.45, 7) is 3.46. The van der Waals surface area contributed by atoms with Crippen LogP contribution in [0.2, 0.25) is 0 Å². The van der Waals surface area contributed by atoms with Crippen LogP contribution >= 0.6 is 0 Å². The molecule has 0 saturated carbocycles. The molecule has 4 rings (SSSR count). The van der Waals surface area contributed by atoms with Crippen molar-refractivity contribution in [1.29, 1.82) is 0 Å². The van der Waals surface area contributed by atoms with Crippen molar-refractivity contribution in [2.24, 2.45) is 0 Å². The van der Waals surface area contributed by atoms with Crippen molar-refractivity contribution in [3.63, 3.8) is 0 Å². The molecule has 1 unspecified atom stereocenters. The van der Waals surface area contributed by atoms with Gasteiger partial charge in [0.05, 0.1) is 12.8 Å². The molecule has 0 N–H and O–H groups in total. The number of hydrogen-bond donors (Lipinski definition) is 0. The molecule has 34 heavy (non-hydrogen) atoms. The van der Waals surface area contributed by atoms with Crippen LogP contribution in [0.3, 0.4) is 0 Å². The Balaban J connectivity index is 1.49. The van der Waals surface area contributed by atoms with E-state index in [2.05, 4.69) is 26.9 Å². The fourth-order valence-electron chi connectivity index (χ4n) is 4.93. The van der Waals surface area contributed by atoms with E-state index in [9.17, 15) is 9.59 Å². The monoisotopic (exact) mass is 465 g/mol. The molecule has 7 nitrogen and oxygen atoms in total. The Hall–Kier alpha value is -2.93. The van der Waals surface area contributed by atoms with Crippen molar-refractivity contribution < 1.29 is 19.1 Å². The number of piperidine rings is 1. The second-order valence-electron chi connectivity index (χ2n) is 9.16. The molecule has 2 bridgehead atoms. The standard InChI is InChI=1S/C27H35N3O4/c1-33-27(32)25-11-5-8-22(28-25)20-29-15-6-12-26(31)30-16-3-2-9-23(30)14-13-21-7-4-10-24(19-21)34-18-17-29/h4-5,7-8,10-11,19,23H,2-3,6,9,12-18,20H2,1H3. The van der Waals surface area contributed by atoms with Gasteiger partial charge >= 0.3 is 5.97 Å². The van der Waals surface area contributed by atoms with Crippen LogP contribution in [0.4, 0.5) is 0 Å². The summed E-state index contributed by atoms with van der Waals surface area (Å²) in [5, 5.41) is 0. The average molecular weight is 466 g/mol. The quantitative estimate of drug-likeness (QED) is 0.641. The van der Waals surface area contributed by atoms with Gasteiger partial charge in [0, 0.05) is 32.1 Å². The van der Waals surface area contributed by atoms with E-state index in [0.29, 0.717) is 37.9 Å². The maximum absolute atomic E-state index is 13.1. The molecule has 2 aliphatic heterocycles. The highest BCUT2D eigenvalue weighted by Crippen LogP contribution is 2.24. The summed E-state index contributed by atoms with van der Waals surface area (Å²) in [4.78, 5) is 33.8. The predicted octanol–water partition coefficient (Wildman–Crippen LogP) is 3.86. The average Bonchev–Trinajstić information content (AvgIpc) is 2.87. The number of carbonyl (C=O) groups is 2. The van der Waals surface area contributed by atoms with E-state index < -0.39 is 5.97 Å². The summed E-state index contributed by atoms with van der Waals surface area (Å²) in [6, 6.07) is 14.0. The molecule has 1 amide bonds. The van der Waals surface area contributed by atoms with Gasteiger partial charge in [-0.15, -0.1) is 0 Å². The van der Waals surface area contributed by atoms with Gasteiger partial charge in [-0.2, -0.15) is 0 Å². The summed E-state index contributed by atoms with van der Waals surface area (Å²) in [7, 11) is 1.36. The molecule has 1 aromatic carbocycles. The number of carbonyl (C=O) groups excluding carboxylic acids is 2. The number of aryl methyl sites for hydroxylation is 1. The number of benzene rings is 1. The molecular formula is C27H35N3O4. The summed E-state index contributed by atoms with van der Waals surface area (Å²) < 4.78 is 10.9. The zero-order valence-electron chi connectivity index (χ0n) is 20.1. The van der Waals surface area contributed by atoms with Gasteiger partial charge in [0.25, 0.3) is 0 Å². The molecule has 182 valence electrons. The molecule has 3 heterocycles. The van der Waals surface area contributed by atoms with Gasteiger partial charge in [-0.05, 0) is 74.9 Å². The van der Waals surface area contributed by atoms with E-state index in [1.54, 1.807) is 6.07 Å². The highest BCUT2D eigenvalue weighted by atomic mass is 16.5. The molecule has 0 radical (unpaired) electrons. The van der Waals surface area contributed by atoms with Crippen LogP contribution in [-0.2, 0) is 22.5 Å². The van der Waals surface area contributed by atoms with Crippen molar-refractivity contribution in [3.8, 4) is 5.75 Å². The zero-order valence-corrected chi connectivity index (χ0v) is 20.1. The number of aromatic nitrogens is 1. The molecule has 7 heteroatoms. The van der Waals surface area contributed by atoms with Gasteiger partial charge in [0.1, 0.15) is 18.1 Å². The van der Waals surface area contributed by atoms with Gasteiger partial charge in [0.15, 0.2) is 0 Å². The molecule has 0 spiro atoms. The number of nitrogens with zero attached hydrogens (tertiary/aromatic N) is 3. The van der Waals surface area contributed by atoms with Crippen LogP contribution in [0.25, 0.3) is 0 Å². The normalized spacial score (nSPS) is 20.4. The van der Waals surface area contributed by atoms with Crippen LogP contribution in [0.5, 0.6) is 5.75 Å². The van der Waals surface area contributed by atoms with Gasteiger partial charge in [0.2, 0.25) is 5.91 Å². The molecular weight excluding hydrogens is 430 g/mol. The fraction of sp³-hybridized carbons (Fsp3) is 0.519. The Morgan fingerprint density at radius 3 is 2.82 bits per heavy atom. The molecule has 1 fully saturated rings. The third kappa shape index (κ3) is 6.56. The van der Waals surface area contributed by atoms with E-state index in [1.807, 2.05) is 24.3 Å². The topological polar surface area (TPSA) is 72.0 Å². The summed E-state index contributed by atoms with van der Waals surface area (Å²) in [5.74, 6) is 0.717. The highest BCUT2D eigenvalue weighted by molar-refractivity contribution is 5.87. The highest BCUT2D eigenvalue weighted by Gasteiger charge is 2.26. The first-order valence-corrected chi connectivity index (χ1v) is 12.4. The van der Waals surface area contributed by atoms with Crippen molar-refractivity contribution in [2.45, 2.75) is 57.5 Å². The van der Waals surface area contributed by atoms with Gasteiger partial charge in [-0.1, -0.05) is 18.2 Å². The van der Waals surface area contributed by atoms with Crippen molar-refractivity contribution in [1.82, 2.24) is 14.8 Å². The second-order valence-corrected chi connectivity index (χ2v) is 9.16. The summed E-state index contributed by atoms with van der Waals surface area (Å²) in [5.41, 5.74) is 2.36. The van der Waals surface area contributed by atoms with Crippen LogP contribution in [0.15, 0.2) is 42.5 Å². The Bertz CT molecular complexity index is 980. The second kappa shape index (κ2) is 12.0. The number of amides is 1. The van der Waals surface area contributed by atoms with Crippen molar-refractivity contribution in [2.75, 3.05) is 33.4 Å². The van der Waals surface area contributed by atoms with E-state index in [1.165, 1.54) is 19.1 Å². The lowest BCUT2D eigenvalue weighted by atomic mass is 9.95. The number of fused-ring (bicyclic) bond motifs is 3. The minimum absolute atomic E-state index is 0.273. The number of pyridine rings is 1. The zero-order chi connectivity index (χ0) is 23.8. The third-order valence-electron chi connectivity index (χ3n) is 6.74. The van der Waals surface area contributed by atoms with E-state index in [4.69, 9.17) is 9.47 Å². The molecule has 1 aromatic heterocycles. The Morgan fingerprint density at radius 1 is 1.06 bits per heavy atom. The van der Waals surface area contributed by atoms with Gasteiger partial charge < -0.3 is 14.4 Å². The molecule has 1 saturated heterocycles. The number of methoxy groups -OCH3 is 1. The number of esters is 1. The van der Waals surface area contributed by atoms with E-state index in [-0.39, 0.29) is 5.91 Å². The largest absolute Gasteiger partial charge is 0.492 e. The SMILES string of the molecule is COC(=O)c1cccc(CN2CCCC(=O)N3CCCCC3CCc3cccc(c3)OCC2)n1. The van der Waals surface area contributed by atoms with Gasteiger partial charge in [-0.3, -0.25) is 9.69 Å². The minimum atomic E-state index is -0.441. The molecule has 1 atom stereocenters. The molecule has 2 aliphatic rings. The van der Waals surface area contributed by atoms with Crippen LogP contribution in [0, 0.1) is 0 Å². The van der Waals surface area contributed by atoms with E-state index in [0.717, 1.165) is 56.6 Å². The summed E-state index contributed by atoms with van der Waals surface area (Å²) >= 11 is 0. The van der Waals surface area contributed by atoms with Crippen molar-refractivity contribution in [3.05, 3.63) is 59.4 Å². The number of hydrogen-bond acceptors (Lipinski definition) is 6. The van der Waals surface area contributed by atoms with E-state index >= 15 is 0 Å². The third-order valence-corrected chi connectivity index (χ3v) is 6.74. The number of ether oxygens (including phenoxy) is 2. The van der Waals surface area contributed by atoms with Crippen LogP contribution in [0.1, 0.15) is 60.3 Å². The van der Waals surface area contributed by atoms with Crippen molar-refractivity contribution >= 4 is 11.9 Å². The Labute approximate surface area is 202 Å². The lowest BCUT2D eigenvalue weighted by Crippen LogP contribution is -2.44. The summed E-state index contributed by atoms with van der Waals surface area (Å²) in [6.07, 6.45) is 6.69. The maximum Gasteiger partial charge on any atom is 0.356 e. The first kappa shape index (κ1) is 24.2. The maximum atomic E-state index is 13.1. The van der Waals surface area contributed by atoms with Crippen LogP contribution in [-0.4, -0.2) is 66.1 Å². The Kier molecular flexibility index (Phi) is 8.52. The fourth-order valence-corrected chi connectivity index (χ4v) is 4.93. The minimum Gasteiger partial charge on any atom is -0.492 e. The van der Waals surface area contributed by atoms with Crippen LogP contribution < -0.4 is 4.74 Å². The molecule has 0 aliphatic carbocycles. The first-order valence-electron chi connectivity index (χ1n) is 12.4. The predicted molar refractivity (Wildman–Crippen MR) is 130 cm³/mol. The first-order chi connectivity index (χ1) is 16.6. The molecule has 2 aromatic rings. The lowest BCUT2D eigenvalue weighted by molar-refractivity contribution is -0.135. The smallest absolute Gasteiger partial charge is 0.356 e. The number of rotatable bonds is 3.